The third-order valence-electron chi connectivity index (χ3n) is 13.0. The van der Waals surface area contributed by atoms with Gasteiger partial charge in [0, 0.05) is 94.9 Å². The van der Waals surface area contributed by atoms with Crippen molar-refractivity contribution in [1.82, 2.24) is 24.3 Å². The molecule has 0 radical (unpaired) electrons. The second-order valence-electron chi connectivity index (χ2n) is 20.9. The highest BCUT2D eigenvalue weighted by atomic mass is 35.5. The lowest BCUT2D eigenvalue weighted by atomic mass is 9.85. The number of ether oxygens (including phenoxy) is 1. The van der Waals surface area contributed by atoms with Crippen molar-refractivity contribution in [2.75, 3.05) is 21.1 Å². The Balaban J connectivity index is 0.0000178. The van der Waals surface area contributed by atoms with E-state index in [1.54, 1.807) is 13.1 Å². The van der Waals surface area contributed by atoms with Gasteiger partial charge in [0.25, 0.3) is 0 Å². The number of rotatable bonds is 29. The number of nitrogens with zero attached hydrogens (tertiary/aromatic N) is 6. The van der Waals surface area contributed by atoms with Crippen LogP contribution in [-0.4, -0.2) is 122 Å². The van der Waals surface area contributed by atoms with E-state index in [1.165, 1.54) is 43.1 Å². The van der Waals surface area contributed by atoms with Crippen LogP contribution in [0.1, 0.15) is 125 Å². The molecule has 0 fully saturated rings. The monoisotopic (exact) mass is 1020 g/mol. The summed E-state index contributed by atoms with van der Waals surface area (Å²) in [4.78, 5) is 106. The van der Waals surface area contributed by atoms with Gasteiger partial charge < -0.3 is 34.8 Å². The number of aliphatic carboxylic acids is 1. The van der Waals surface area contributed by atoms with E-state index in [2.05, 4.69) is 4.98 Å². The molecule has 72 heavy (non-hydrogen) atoms. The zero-order chi connectivity index (χ0) is 53.4. The fourth-order valence-electron chi connectivity index (χ4n) is 9.15. The number of carbonyl (C=O) groups excluding carboxylic acids is 6. The van der Waals surface area contributed by atoms with Crippen molar-refractivity contribution in [3.63, 3.8) is 0 Å². The van der Waals surface area contributed by atoms with Crippen molar-refractivity contribution in [3.05, 3.63) is 65.9 Å². The van der Waals surface area contributed by atoms with Gasteiger partial charge in [-0.1, -0.05) is 79.7 Å². The van der Waals surface area contributed by atoms with Crippen molar-refractivity contribution in [2.45, 2.75) is 157 Å². The summed E-state index contributed by atoms with van der Waals surface area (Å²) >= 11 is 0. The van der Waals surface area contributed by atoms with Gasteiger partial charge in [0.2, 0.25) is 23.7 Å². The van der Waals surface area contributed by atoms with Crippen molar-refractivity contribution >= 4 is 64.5 Å². The van der Waals surface area contributed by atoms with Gasteiger partial charge in [0.05, 0.1) is 24.2 Å². The average Bonchev–Trinajstić information content (AvgIpc) is 3.65. The van der Waals surface area contributed by atoms with Gasteiger partial charge in [-0.2, -0.15) is 9.65 Å². The van der Waals surface area contributed by atoms with Gasteiger partial charge in [-0.3, -0.25) is 24.0 Å². The van der Waals surface area contributed by atoms with Crippen molar-refractivity contribution in [1.29, 1.82) is 5.26 Å². The highest BCUT2D eigenvalue weighted by Gasteiger charge is 2.39. The summed E-state index contributed by atoms with van der Waals surface area (Å²) in [7, 11) is 4.49. The number of esters is 1. The molecular weight excluding hydrogens is 945 g/mol. The Labute approximate surface area is 431 Å². The lowest BCUT2D eigenvalue weighted by Gasteiger charge is -2.34. The topological polar surface area (TPSA) is 226 Å². The highest BCUT2D eigenvalue weighted by Crippen LogP contribution is 2.30. The molecule has 0 aliphatic carbocycles. The van der Waals surface area contributed by atoms with Crippen LogP contribution in [0.25, 0.3) is 10.9 Å². The summed E-state index contributed by atoms with van der Waals surface area (Å²) < 4.78 is 21.0. The van der Waals surface area contributed by atoms with E-state index >= 15 is 9.59 Å². The molecule has 0 saturated carbocycles. The molecule has 1 aromatic carbocycles. The predicted molar refractivity (Wildman–Crippen MR) is 276 cm³/mol. The summed E-state index contributed by atoms with van der Waals surface area (Å²) in [6.07, 6.45) is 2.11. The molecule has 16 nitrogen and oxygen atoms in total. The van der Waals surface area contributed by atoms with Crippen LogP contribution < -0.4 is 5.73 Å². The van der Waals surface area contributed by atoms with Gasteiger partial charge in [0.1, 0.15) is 6.04 Å². The number of nitrogens with two attached hydrogens (primary N) is 1. The number of likely N-dealkylation sites (N-methyl/N-ethyl adjacent to an activating group) is 3. The van der Waals surface area contributed by atoms with Gasteiger partial charge in [0.15, 0.2) is 17.7 Å². The van der Waals surface area contributed by atoms with E-state index in [1.807, 2.05) is 96.5 Å². The number of ketones is 2. The zero-order valence-corrected chi connectivity index (χ0v) is 45.1. The van der Waals surface area contributed by atoms with E-state index in [9.17, 15) is 33.5 Å². The summed E-state index contributed by atoms with van der Waals surface area (Å²) in [5.74, 6) is -6.99. The molecule has 0 aliphatic heterocycles. The number of benzene rings is 1. The quantitative estimate of drug-likeness (QED) is 0.0505. The summed E-state index contributed by atoms with van der Waals surface area (Å²) in [6.45, 7) is 17.2. The Hall–Kier alpha value is -5.73. The van der Waals surface area contributed by atoms with Crippen LogP contribution in [0.15, 0.2) is 48.8 Å². The minimum Gasteiger partial charge on any atom is -0.479 e. The number of amides is 3. The maximum Gasteiger partial charge on any atom is 0.345 e. The maximum atomic E-state index is 15.2. The predicted octanol–water partition coefficient (Wildman–Crippen LogP) is 7.65. The number of aromatic nitrogens is 2. The molecule has 2 heterocycles. The SMILES string of the molecule is CC(C)C[C@H](CC(=O)[C@H](Cc1cn(Cc2ccc(F)nc2)c2ccccc12)N(C)C(=O)[C@@H](CC(=O)[C@H](CC(C)C)N(C)C(=O)[C@@H](N)CC(C)C)CC(C)C)C(=O)N(C)[C@@H](C)C(=O)O[C@H](CCC#N)C(=O)O.Cl. The van der Waals surface area contributed by atoms with Crippen molar-refractivity contribution in [2.24, 2.45) is 41.2 Å². The molecule has 0 spiro atoms. The van der Waals surface area contributed by atoms with Crippen LogP contribution in [0.3, 0.4) is 0 Å². The van der Waals surface area contributed by atoms with Crippen molar-refractivity contribution < 1.29 is 47.8 Å². The number of hydrogen-bond donors (Lipinski definition) is 2. The molecule has 0 aliphatic rings. The molecule has 18 heteroatoms. The van der Waals surface area contributed by atoms with Crippen LogP contribution >= 0.6 is 12.4 Å². The molecule has 7 atom stereocenters. The normalized spacial score (nSPS) is 14.4. The van der Waals surface area contributed by atoms with E-state index in [0.717, 1.165) is 21.4 Å². The Bertz CT molecular complexity index is 2350. The zero-order valence-electron chi connectivity index (χ0n) is 44.3. The van der Waals surface area contributed by atoms with E-state index in [0.29, 0.717) is 31.4 Å². The molecule has 3 amide bonds. The third kappa shape index (κ3) is 18.1. The summed E-state index contributed by atoms with van der Waals surface area (Å²) in [5.41, 5.74) is 8.58. The minimum atomic E-state index is -1.60. The smallest absolute Gasteiger partial charge is 0.345 e. The fourth-order valence-corrected chi connectivity index (χ4v) is 9.15. The number of para-hydroxylation sites is 1. The Morgan fingerprint density at radius 2 is 1.28 bits per heavy atom. The molecule has 3 aromatic rings. The fraction of sp³-hybridized carbons (Fsp3) is 0.611. The third-order valence-corrected chi connectivity index (χ3v) is 13.0. The van der Waals surface area contributed by atoms with Crippen LogP contribution in [0.2, 0.25) is 0 Å². The van der Waals surface area contributed by atoms with Gasteiger partial charge in [-0.05, 0) is 79.5 Å². The van der Waals surface area contributed by atoms with Gasteiger partial charge in [-0.25, -0.2) is 14.6 Å². The number of carbonyl (C=O) groups is 7. The number of hydrogen-bond acceptors (Lipinski definition) is 11. The maximum absolute atomic E-state index is 15.2. The van der Waals surface area contributed by atoms with Crippen molar-refractivity contribution in [3.8, 4) is 6.07 Å². The van der Waals surface area contributed by atoms with Crippen LogP contribution in [-0.2, 0) is 51.3 Å². The minimum absolute atomic E-state index is 0. The van der Waals surface area contributed by atoms with Crippen LogP contribution in [0, 0.1) is 52.8 Å². The molecule has 0 unspecified atom stereocenters. The number of halogens is 2. The Morgan fingerprint density at radius 3 is 1.79 bits per heavy atom. The lowest BCUT2D eigenvalue weighted by molar-refractivity contribution is -0.169. The standard InChI is InChI=1S/C54H78FN7O9.ClH/c1-32(2)22-38(50(65)59(10)36(9)54(70)71-48(53(68)69)18-15-21-56)27-47(64)45(26-40-31-62(43-17-14-13-16-41(40)43)30-37-19-20-49(55)58-29-37)60(11)51(66)39(23-33(3)4)28-46(63)44(25-35(7)8)61(12)52(67)42(57)24-34(5)6;/h13-14,16-17,19-20,29,31-36,38-39,42,44-45,48H,15,18,22-28,30,57H2,1-12H3,(H,68,69);1H/t36-,38+,39+,42-,44-,45-,48+;/m0./s1. The van der Waals surface area contributed by atoms with E-state index in [-0.39, 0.29) is 86.3 Å². The first-order valence-corrected chi connectivity index (χ1v) is 24.9. The highest BCUT2D eigenvalue weighted by molar-refractivity contribution is 5.97. The molecule has 3 N–H and O–H groups in total. The molecule has 0 saturated heterocycles. The largest absolute Gasteiger partial charge is 0.479 e. The first-order valence-electron chi connectivity index (χ1n) is 24.9. The van der Waals surface area contributed by atoms with E-state index < -0.39 is 77.6 Å². The molecular formula is C54H79ClFN7O9. The lowest BCUT2D eigenvalue weighted by Crippen LogP contribution is -2.51. The van der Waals surface area contributed by atoms with Gasteiger partial charge in [-0.15, -0.1) is 12.4 Å². The van der Waals surface area contributed by atoms with E-state index in [4.69, 9.17) is 15.7 Å². The van der Waals surface area contributed by atoms with Crippen LogP contribution in [0.5, 0.6) is 0 Å². The first kappa shape index (κ1) is 62.4. The number of nitriles is 1. The van der Waals surface area contributed by atoms with Crippen LogP contribution in [0.4, 0.5) is 4.39 Å². The van der Waals surface area contributed by atoms with Gasteiger partial charge >= 0.3 is 11.9 Å². The summed E-state index contributed by atoms with van der Waals surface area (Å²) in [6, 6.07) is 8.23. The number of Topliss-reactive ketones (excluding diaryl/α,β-unsaturated/α-hetero) is 2. The summed E-state index contributed by atoms with van der Waals surface area (Å²) in [5, 5.41) is 19.4. The number of carboxylic acid groups (broad SMARTS) is 1. The molecule has 398 valence electrons. The first-order chi connectivity index (χ1) is 33.3. The second kappa shape index (κ2) is 29.1. The molecule has 2 aromatic heterocycles. The number of pyridine rings is 1. The molecule has 0 bridgehead atoms. The Morgan fingerprint density at radius 1 is 0.750 bits per heavy atom. The average molecular weight is 1020 g/mol. The Kier molecular flexibility index (Phi) is 25.2. The molecule has 3 rings (SSSR count). The number of carboxylic acids is 1. The second-order valence-corrected chi connectivity index (χ2v) is 20.9. The number of fused-ring (bicyclic) bond motifs is 1.